The molecule has 0 radical (unpaired) electrons. The molecule has 0 rings (SSSR count). The quantitative estimate of drug-likeness (QED) is 0.590. The smallest absolute Gasteiger partial charge is 0.0876 e. The molecule has 2 unspecified atom stereocenters. The molecule has 0 aliphatic heterocycles. The van der Waals surface area contributed by atoms with Gasteiger partial charge in [0.15, 0.2) is 0 Å². The van der Waals surface area contributed by atoms with E-state index < -0.39 is 0 Å². The summed E-state index contributed by atoms with van der Waals surface area (Å²) < 4.78 is 4.93. The summed E-state index contributed by atoms with van der Waals surface area (Å²) >= 11 is 0. The van der Waals surface area contributed by atoms with Crippen LogP contribution < -0.4 is 11.5 Å². The average molecular weight is 156 g/mol. The van der Waals surface area contributed by atoms with Crippen molar-refractivity contribution < 1.29 is 4.74 Å². The van der Waals surface area contributed by atoms with Crippen LogP contribution >= 0.6 is 0 Å². The number of ether oxygens (including phenoxy) is 1. The van der Waals surface area contributed by atoms with Crippen molar-refractivity contribution in [3.8, 4) is 0 Å². The summed E-state index contributed by atoms with van der Waals surface area (Å²) in [4.78, 5) is 0. The number of hydrogen-bond acceptors (Lipinski definition) is 3. The zero-order chi connectivity index (χ0) is 8.69. The highest BCUT2D eigenvalue weighted by atomic mass is 16.5. The standard InChI is InChI=1S/C8H16N2O/c1-7(9)3-5-11-6-4-8(2)10/h3-8H,9-10H2,1-2H3. The minimum atomic E-state index is 0.0266. The molecular weight excluding hydrogens is 140 g/mol. The molecule has 64 valence electrons. The Hall–Kier alpha value is -0.800. The molecule has 0 amide bonds. The molecule has 0 aromatic rings. The van der Waals surface area contributed by atoms with E-state index in [9.17, 15) is 0 Å². The van der Waals surface area contributed by atoms with Crippen LogP contribution in [0.4, 0.5) is 0 Å². The second-order valence-corrected chi connectivity index (χ2v) is 2.51. The van der Waals surface area contributed by atoms with Crippen molar-refractivity contribution in [2.45, 2.75) is 25.9 Å². The van der Waals surface area contributed by atoms with Gasteiger partial charge in [0.25, 0.3) is 0 Å². The number of nitrogens with two attached hydrogens (primary N) is 2. The van der Waals surface area contributed by atoms with Gasteiger partial charge in [-0.2, -0.15) is 0 Å². The second kappa shape index (κ2) is 5.95. The monoisotopic (exact) mass is 156 g/mol. The van der Waals surface area contributed by atoms with Crippen molar-refractivity contribution >= 4 is 0 Å². The predicted molar refractivity (Wildman–Crippen MR) is 46.7 cm³/mol. The van der Waals surface area contributed by atoms with Crippen LogP contribution in [0.1, 0.15) is 13.8 Å². The van der Waals surface area contributed by atoms with E-state index in [1.54, 1.807) is 24.7 Å². The number of rotatable bonds is 4. The largest absolute Gasteiger partial charge is 0.473 e. The van der Waals surface area contributed by atoms with Crippen molar-refractivity contribution in [2.24, 2.45) is 11.5 Å². The van der Waals surface area contributed by atoms with Crippen LogP contribution in [0.2, 0.25) is 0 Å². The summed E-state index contributed by atoms with van der Waals surface area (Å²) in [6.45, 7) is 3.74. The van der Waals surface area contributed by atoms with Crippen molar-refractivity contribution in [3.63, 3.8) is 0 Å². The van der Waals surface area contributed by atoms with Crippen LogP contribution in [0, 0.1) is 0 Å². The molecule has 0 saturated carbocycles. The molecule has 0 aliphatic carbocycles. The normalized spacial score (nSPS) is 17.5. The third-order valence-corrected chi connectivity index (χ3v) is 0.921. The Morgan fingerprint density at radius 2 is 1.36 bits per heavy atom. The maximum Gasteiger partial charge on any atom is 0.0876 e. The Morgan fingerprint density at radius 3 is 1.64 bits per heavy atom. The summed E-state index contributed by atoms with van der Waals surface area (Å²) in [5, 5.41) is 0. The third-order valence-electron chi connectivity index (χ3n) is 0.921. The maximum atomic E-state index is 5.42. The van der Waals surface area contributed by atoms with Crippen LogP contribution in [0.25, 0.3) is 0 Å². The van der Waals surface area contributed by atoms with Gasteiger partial charge in [-0.25, -0.2) is 0 Å². The van der Waals surface area contributed by atoms with Crippen LogP contribution in [0.5, 0.6) is 0 Å². The van der Waals surface area contributed by atoms with Crippen molar-refractivity contribution in [1.82, 2.24) is 0 Å². The fraction of sp³-hybridized carbons (Fsp3) is 0.500. The third kappa shape index (κ3) is 9.20. The van der Waals surface area contributed by atoms with E-state index in [2.05, 4.69) is 0 Å². The molecule has 0 bridgehead atoms. The molecular formula is C8H16N2O. The Bertz CT molecular complexity index is 123. The minimum absolute atomic E-state index is 0.0266. The first-order valence-corrected chi connectivity index (χ1v) is 3.63. The van der Waals surface area contributed by atoms with Crippen molar-refractivity contribution in [2.75, 3.05) is 0 Å². The summed E-state index contributed by atoms with van der Waals surface area (Å²) in [6, 6.07) is 0.0531. The van der Waals surface area contributed by atoms with E-state index in [1.165, 1.54) is 0 Å². The molecule has 3 nitrogen and oxygen atoms in total. The van der Waals surface area contributed by atoms with E-state index >= 15 is 0 Å². The van der Waals surface area contributed by atoms with Crippen molar-refractivity contribution in [1.29, 1.82) is 0 Å². The molecule has 11 heavy (non-hydrogen) atoms. The molecule has 0 aromatic carbocycles. The Morgan fingerprint density at radius 1 is 1.00 bits per heavy atom. The molecule has 2 atom stereocenters. The average Bonchev–Trinajstić information content (AvgIpc) is 1.85. The predicted octanol–water partition coefficient (Wildman–Crippen LogP) is 0.725. The van der Waals surface area contributed by atoms with Gasteiger partial charge in [-0.05, 0) is 26.0 Å². The lowest BCUT2D eigenvalue weighted by Gasteiger charge is -1.95. The first-order chi connectivity index (χ1) is 5.13. The van der Waals surface area contributed by atoms with Crippen LogP contribution in [0.15, 0.2) is 24.7 Å². The molecule has 0 saturated heterocycles. The van der Waals surface area contributed by atoms with Gasteiger partial charge >= 0.3 is 0 Å². The lowest BCUT2D eigenvalue weighted by atomic mass is 10.4. The Balaban J connectivity index is 3.41. The Kier molecular flexibility index (Phi) is 5.51. The lowest BCUT2D eigenvalue weighted by Crippen LogP contribution is -2.10. The molecule has 0 aromatic heterocycles. The highest BCUT2D eigenvalue weighted by Gasteiger charge is 1.82. The molecule has 0 fully saturated rings. The minimum Gasteiger partial charge on any atom is -0.473 e. The lowest BCUT2D eigenvalue weighted by molar-refractivity contribution is 0.397. The van der Waals surface area contributed by atoms with Gasteiger partial charge in [-0.1, -0.05) is 0 Å². The van der Waals surface area contributed by atoms with Gasteiger partial charge in [0, 0.05) is 12.1 Å². The maximum absolute atomic E-state index is 5.42. The van der Waals surface area contributed by atoms with Gasteiger partial charge in [-0.15, -0.1) is 0 Å². The number of hydrogen-bond donors (Lipinski definition) is 2. The summed E-state index contributed by atoms with van der Waals surface area (Å²) in [5.74, 6) is 0. The SMILES string of the molecule is CC(N)C=COC=CC(C)N. The van der Waals surface area contributed by atoms with E-state index in [-0.39, 0.29) is 12.1 Å². The summed E-state index contributed by atoms with van der Waals surface area (Å²) in [6.07, 6.45) is 6.60. The van der Waals surface area contributed by atoms with Crippen LogP contribution in [0.3, 0.4) is 0 Å². The second-order valence-electron chi connectivity index (χ2n) is 2.51. The van der Waals surface area contributed by atoms with Gasteiger partial charge in [0.2, 0.25) is 0 Å². The summed E-state index contributed by atoms with van der Waals surface area (Å²) in [7, 11) is 0. The zero-order valence-electron chi connectivity index (χ0n) is 7.03. The van der Waals surface area contributed by atoms with E-state index in [1.807, 2.05) is 13.8 Å². The highest BCUT2D eigenvalue weighted by Crippen LogP contribution is 1.85. The molecule has 3 heteroatoms. The molecule has 0 aliphatic rings. The summed E-state index contributed by atoms with van der Waals surface area (Å²) in [5.41, 5.74) is 10.8. The fourth-order valence-electron chi connectivity index (χ4n) is 0.384. The molecule has 0 heterocycles. The molecule has 0 spiro atoms. The van der Waals surface area contributed by atoms with Gasteiger partial charge in [-0.3, -0.25) is 0 Å². The van der Waals surface area contributed by atoms with Gasteiger partial charge < -0.3 is 16.2 Å². The van der Waals surface area contributed by atoms with Crippen LogP contribution in [-0.2, 0) is 4.74 Å². The van der Waals surface area contributed by atoms with Gasteiger partial charge in [0.1, 0.15) is 0 Å². The Labute approximate surface area is 67.7 Å². The highest BCUT2D eigenvalue weighted by molar-refractivity contribution is 4.87. The fourth-order valence-corrected chi connectivity index (χ4v) is 0.384. The van der Waals surface area contributed by atoms with Crippen molar-refractivity contribution in [3.05, 3.63) is 24.7 Å². The van der Waals surface area contributed by atoms with E-state index in [4.69, 9.17) is 16.2 Å². The topological polar surface area (TPSA) is 61.3 Å². The van der Waals surface area contributed by atoms with E-state index in [0.29, 0.717) is 0 Å². The van der Waals surface area contributed by atoms with E-state index in [0.717, 1.165) is 0 Å². The first kappa shape index (κ1) is 10.2. The molecule has 4 N–H and O–H groups in total. The van der Waals surface area contributed by atoms with Crippen LogP contribution in [-0.4, -0.2) is 12.1 Å². The first-order valence-electron chi connectivity index (χ1n) is 3.63. The zero-order valence-corrected chi connectivity index (χ0v) is 7.03. The van der Waals surface area contributed by atoms with Gasteiger partial charge in [0.05, 0.1) is 12.5 Å².